The molecule has 5 rings (SSSR count). The summed E-state index contributed by atoms with van der Waals surface area (Å²) in [4.78, 5) is 28.7. The van der Waals surface area contributed by atoms with E-state index in [1.54, 1.807) is 35.4 Å². The van der Waals surface area contributed by atoms with E-state index in [-0.39, 0.29) is 35.7 Å². The van der Waals surface area contributed by atoms with Gasteiger partial charge in [-0.25, -0.2) is 14.4 Å². The van der Waals surface area contributed by atoms with Crippen LogP contribution in [-0.2, 0) is 9.53 Å². The van der Waals surface area contributed by atoms with E-state index < -0.39 is 5.82 Å². The molecule has 0 saturated carbocycles. The number of hydrogen-bond donors (Lipinski definition) is 1. The third-order valence-electron chi connectivity index (χ3n) is 7.81. The summed E-state index contributed by atoms with van der Waals surface area (Å²) in [6.45, 7) is 13.8. The summed E-state index contributed by atoms with van der Waals surface area (Å²) in [5.74, 6) is 1.74. The second-order valence-corrected chi connectivity index (χ2v) is 11.2. The number of aromatic nitrogens is 1. The first-order valence-corrected chi connectivity index (χ1v) is 15.1. The van der Waals surface area contributed by atoms with Crippen molar-refractivity contribution >= 4 is 35.7 Å². The highest BCUT2D eigenvalue weighted by Crippen LogP contribution is 2.37. The third-order valence-corrected chi connectivity index (χ3v) is 7.81. The fourth-order valence-electron chi connectivity index (χ4n) is 5.61. The number of amidine groups is 1. The number of benzene rings is 2. The van der Waals surface area contributed by atoms with Crippen LogP contribution in [0.25, 0.3) is 0 Å². The molecule has 2 N–H and O–H groups in total. The van der Waals surface area contributed by atoms with Gasteiger partial charge >= 0.3 is 0 Å². The second kappa shape index (κ2) is 14.4. The van der Waals surface area contributed by atoms with Crippen LogP contribution in [0.3, 0.4) is 0 Å². The molecule has 11 nitrogen and oxygen atoms in total. The minimum absolute atomic E-state index is 0.0154. The van der Waals surface area contributed by atoms with Crippen LogP contribution in [0.5, 0.6) is 23.0 Å². The molecule has 3 heterocycles. The number of nitrogens with zero attached hydrogens (tertiary/aromatic N) is 5. The fraction of sp³-hybridized carbons (Fsp3) is 0.353. The predicted octanol–water partition coefficient (Wildman–Crippen LogP) is 5.56. The van der Waals surface area contributed by atoms with Gasteiger partial charge < -0.3 is 34.5 Å². The van der Waals surface area contributed by atoms with Crippen LogP contribution in [0, 0.1) is 5.82 Å². The van der Waals surface area contributed by atoms with Gasteiger partial charge in [-0.15, -0.1) is 0 Å². The Morgan fingerprint density at radius 1 is 1.07 bits per heavy atom. The number of likely N-dealkylation sites (tertiary alicyclic amines) is 1. The summed E-state index contributed by atoms with van der Waals surface area (Å²) in [6, 6.07) is 11.2. The summed E-state index contributed by atoms with van der Waals surface area (Å²) in [5, 5.41) is 0. The van der Waals surface area contributed by atoms with E-state index in [2.05, 4.69) is 33.2 Å². The van der Waals surface area contributed by atoms with E-state index in [1.807, 2.05) is 19.9 Å². The Bertz CT molecular complexity index is 1610. The number of anilines is 1. The molecule has 2 saturated heterocycles. The van der Waals surface area contributed by atoms with Gasteiger partial charge in [0.25, 0.3) is 0 Å². The molecule has 2 aliphatic heterocycles. The van der Waals surface area contributed by atoms with Crippen LogP contribution in [0.2, 0.25) is 0 Å². The average molecular weight is 631 g/mol. The van der Waals surface area contributed by atoms with Gasteiger partial charge in [0.2, 0.25) is 5.91 Å². The largest absolute Gasteiger partial charge is 0.493 e. The Balaban J connectivity index is 1.32. The SMILES string of the molecule is C=CC(=O)N1CCC(Oc2cc(C(N)=Nc3ccc(Oc4ccnc(N5C[C@@H](C)O[C@@H](C)C5)c4)cc3F)c(N=C)cc2OC)CC1. The quantitative estimate of drug-likeness (QED) is 0.176. The molecule has 0 aliphatic carbocycles. The molecule has 1 amide bonds. The lowest BCUT2D eigenvalue weighted by Crippen LogP contribution is -2.45. The number of carbonyl (C=O) groups is 1. The number of aliphatic imine (C=N–C) groups is 2. The number of ether oxygens (including phenoxy) is 4. The zero-order valence-corrected chi connectivity index (χ0v) is 26.3. The number of morpholine rings is 1. The van der Waals surface area contributed by atoms with Gasteiger partial charge in [0.05, 0.1) is 25.0 Å². The molecule has 0 bridgehead atoms. The highest BCUT2D eigenvalue weighted by Gasteiger charge is 2.25. The smallest absolute Gasteiger partial charge is 0.245 e. The molecule has 12 heteroatoms. The minimum Gasteiger partial charge on any atom is -0.493 e. The highest BCUT2D eigenvalue weighted by molar-refractivity contribution is 6.04. The van der Waals surface area contributed by atoms with Crippen molar-refractivity contribution in [1.82, 2.24) is 9.88 Å². The van der Waals surface area contributed by atoms with E-state index in [1.165, 1.54) is 25.3 Å². The zero-order valence-electron chi connectivity index (χ0n) is 26.3. The van der Waals surface area contributed by atoms with Gasteiger partial charge in [0.1, 0.15) is 34.9 Å². The van der Waals surface area contributed by atoms with Gasteiger partial charge in [0.15, 0.2) is 17.3 Å². The average Bonchev–Trinajstić information content (AvgIpc) is 3.05. The molecule has 2 fully saturated rings. The molecular formula is C34H39FN6O5. The van der Waals surface area contributed by atoms with Crippen molar-refractivity contribution < 1.29 is 28.1 Å². The van der Waals surface area contributed by atoms with Gasteiger partial charge in [0, 0.05) is 69.0 Å². The second-order valence-electron chi connectivity index (χ2n) is 11.2. The van der Waals surface area contributed by atoms with Crippen LogP contribution in [-0.4, -0.2) is 79.9 Å². The molecule has 0 spiro atoms. The first-order valence-electron chi connectivity index (χ1n) is 15.1. The van der Waals surface area contributed by atoms with Crippen molar-refractivity contribution in [1.29, 1.82) is 0 Å². The maximum atomic E-state index is 15.3. The van der Waals surface area contributed by atoms with Gasteiger partial charge in [-0.1, -0.05) is 6.58 Å². The number of methoxy groups -OCH3 is 1. The number of nitrogens with two attached hydrogens (primary N) is 1. The van der Waals surface area contributed by atoms with Crippen molar-refractivity contribution in [3.63, 3.8) is 0 Å². The van der Waals surface area contributed by atoms with Crippen molar-refractivity contribution in [2.24, 2.45) is 15.7 Å². The van der Waals surface area contributed by atoms with Gasteiger partial charge in [-0.2, -0.15) is 0 Å². The normalized spacial score (nSPS) is 19.0. The Labute approximate surface area is 268 Å². The van der Waals surface area contributed by atoms with Crippen molar-refractivity contribution in [2.75, 3.05) is 38.2 Å². The molecule has 2 aromatic carbocycles. The molecule has 0 radical (unpaired) electrons. The Morgan fingerprint density at radius 3 is 2.43 bits per heavy atom. The molecule has 0 unspecified atom stereocenters. The van der Waals surface area contributed by atoms with E-state index in [9.17, 15) is 4.79 Å². The number of pyridine rings is 1. The Hall–Kier alpha value is -4.97. The molecule has 2 atom stereocenters. The van der Waals surface area contributed by atoms with Crippen LogP contribution in [0.1, 0.15) is 32.3 Å². The summed E-state index contributed by atoms with van der Waals surface area (Å²) >= 11 is 0. The lowest BCUT2D eigenvalue weighted by Gasteiger charge is -2.36. The molecule has 46 heavy (non-hydrogen) atoms. The van der Waals surface area contributed by atoms with E-state index in [0.29, 0.717) is 73.3 Å². The van der Waals surface area contributed by atoms with E-state index in [0.717, 1.165) is 5.82 Å². The third kappa shape index (κ3) is 7.63. The number of halogens is 1. The van der Waals surface area contributed by atoms with Crippen molar-refractivity contribution in [3.8, 4) is 23.0 Å². The maximum absolute atomic E-state index is 15.3. The number of rotatable bonds is 10. The van der Waals surface area contributed by atoms with Crippen molar-refractivity contribution in [2.45, 2.75) is 45.0 Å². The predicted molar refractivity (Wildman–Crippen MR) is 176 cm³/mol. The van der Waals surface area contributed by atoms with Gasteiger partial charge in [-0.05, 0) is 50.9 Å². The molecule has 3 aromatic rings. The molecule has 242 valence electrons. The topological polar surface area (TPSA) is 124 Å². The maximum Gasteiger partial charge on any atom is 0.245 e. The number of hydrogen-bond acceptors (Lipinski definition) is 9. The first kappa shape index (κ1) is 32.4. The minimum atomic E-state index is -0.621. The Morgan fingerprint density at radius 2 is 1.78 bits per heavy atom. The first-order chi connectivity index (χ1) is 22.2. The zero-order chi connectivity index (χ0) is 32.8. The standard InChI is InChI=1S/C34H39FN6O5/c1-6-33(42)40-13-10-23(11-14-40)46-31-17-26(29(37-4)18-30(31)43-5)34(36)39-28-8-7-24(15-27(28)35)45-25-9-12-38-32(16-25)41-19-21(2)44-22(3)20-41/h6-9,12,15-18,21-23H,1,4,10-11,13-14,19-20H2,2-3,5H3,(H2,36,39)/t21-,22+. The van der Waals surface area contributed by atoms with Gasteiger partial charge in [-0.3, -0.25) is 9.79 Å². The molecule has 1 aromatic heterocycles. The highest BCUT2D eigenvalue weighted by atomic mass is 19.1. The lowest BCUT2D eigenvalue weighted by atomic mass is 10.1. The number of amides is 1. The number of carbonyl (C=O) groups excluding carboxylic acids is 1. The molecular weight excluding hydrogens is 591 g/mol. The van der Waals surface area contributed by atoms with Crippen molar-refractivity contribution in [3.05, 3.63) is 72.7 Å². The molecule has 2 aliphatic rings. The summed E-state index contributed by atoms with van der Waals surface area (Å²) in [7, 11) is 1.52. The van der Waals surface area contributed by atoms with E-state index >= 15 is 4.39 Å². The number of piperidine rings is 1. The monoisotopic (exact) mass is 630 g/mol. The van der Waals surface area contributed by atoms with Crippen LogP contribution in [0.4, 0.5) is 21.6 Å². The lowest BCUT2D eigenvalue weighted by molar-refractivity contribution is -0.127. The van der Waals surface area contributed by atoms with Crippen LogP contribution in [0.15, 0.2) is 71.3 Å². The summed E-state index contributed by atoms with van der Waals surface area (Å²) in [6.07, 6.45) is 4.25. The van der Waals surface area contributed by atoms with E-state index in [4.69, 9.17) is 24.7 Å². The van der Waals surface area contributed by atoms with Crippen LogP contribution >= 0.6 is 0 Å². The Kier molecular flexibility index (Phi) is 10.2. The summed E-state index contributed by atoms with van der Waals surface area (Å²) in [5.41, 5.74) is 7.21. The summed E-state index contributed by atoms with van der Waals surface area (Å²) < 4.78 is 38.9. The van der Waals surface area contributed by atoms with Crippen LogP contribution < -0.4 is 24.8 Å². The fourth-order valence-corrected chi connectivity index (χ4v) is 5.61.